The molecule has 7 nitrogen and oxygen atoms in total. The van der Waals surface area contributed by atoms with Gasteiger partial charge in [-0.05, 0) is 36.6 Å². The van der Waals surface area contributed by atoms with E-state index in [0.717, 1.165) is 24.1 Å². The summed E-state index contributed by atoms with van der Waals surface area (Å²) in [5, 5.41) is 13.6. The molecular weight excluding hydrogens is 334 g/mol. The molecule has 0 fully saturated rings. The Balaban J connectivity index is 1.85. The van der Waals surface area contributed by atoms with Gasteiger partial charge in [-0.15, -0.1) is 0 Å². The lowest BCUT2D eigenvalue weighted by Gasteiger charge is -2.29. The molecule has 0 saturated carbocycles. The van der Waals surface area contributed by atoms with E-state index in [1.54, 1.807) is 17.0 Å². The third kappa shape index (κ3) is 3.56. The van der Waals surface area contributed by atoms with Gasteiger partial charge in [-0.25, -0.2) is 0 Å². The minimum absolute atomic E-state index is 0.0492. The zero-order chi connectivity index (χ0) is 18.7. The molecule has 1 aliphatic rings. The van der Waals surface area contributed by atoms with Crippen molar-refractivity contribution >= 4 is 28.9 Å². The maximum Gasteiger partial charge on any atom is 0.270 e. The first-order valence-corrected chi connectivity index (χ1v) is 8.48. The van der Waals surface area contributed by atoms with Crippen LogP contribution in [-0.4, -0.2) is 23.3 Å². The van der Waals surface area contributed by atoms with Crippen molar-refractivity contribution in [2.75, 3.05) is 16.8 Å². The SMILES string of the molecule is CCC(=O)N1CCCc2ccc(NC(=O)c3cccc([N+](=O)[O-])c3)cc21. The Hall–Kier alpha value is -3.22. The molecule has 1 heterocycles. The van der Waals surface area contributed by atoms with Gasteiger partial charge in [-0.1, -0.05) is 19.1 Å². The van der Waals surface area contributed by atoms with Gasteiger partial charge in [0.1, 0.15) is 0 Å². The minimum atomic E-state index is -0.538. The zero-order valence-electron chi connectivity index (χ0n) is 14.4. The summed E-state index contributed by atoms with van der Waals surface area (Å²) in [6.07, 6.45) is 2.23. The normalized spacial score (nSPS) is 13.0. The number of aryl methyl sites for hydroxylation is 1. The number of nitro benzene ring substituents is 1. The van der Waals surface area contributed by atoms with Crippen molar-refractivity contribution < 1.29 is 14.5 Å². The van der Waals surface area contributed by atoms with E-state index >= 15 is 0 Å². The predicted octanol–water partition coefficient (Wildman–Crippen LogP) is 3.54. The Morgan fingerprint density at radius 1 is 1.23 bits per heavy atom. The summed E-state index contributed by atoms with van der Waals surface area (Å²) >= 11 is 0. The number of nitro groups is 1. The van der Waals surface area contributed by atoms with E-state index in [-0.39, 0.29) is 17.2 Å². The average molecular weight is 353 g/mol. The maximum atomic E-state index is 12.4. The van der Waals surface area contributed by atoms with Crippen LogP contribution in [0.2, 0.25) is 0 Å². The highest BCUT2D eigenvalue weighted by molar-refractivity contribution is 6.05. The molecule has 0 spiro atoms. The van der Waals surface area contributed by atoms with Crippen molar-refractivity contribution in [2.24, 2.45) is 0 Å². The molecular formula is C19H19N3O4. The second-order valence-electron chi connectivity index (χ2n) is 6.11. The highest BCUT2D eigenvalue weighted by atomic mass is 16.6. The molecule has 0 radical (unpaired) electrons. The molecule has 1 aliphatic heterocycles. The van der Waals surface area contributed by atoms with Gasteiger partial charge in [0.25, 0.3) is 11.6 Å². The molecule has 0 unspecified atom stereocenters. The summed E-state index contributed by atoms with van der Waals surface area (Å²) < 4.78 is 0. The second-order valence-corrected chi connectivity index (χ2v) is 6.11. The van der Waals surface area contributed by atoms with Gasteiger partial charge in [-0.3, -0.25) is 19.7 Å². The largest absolute Gasteiger partial charge is 0.322 e. The lowest BCUT2D eigenvalue weighted by Crippen LogP contribution is -2.35. The van der Waals surface area contributed by atoms with Crippen LogP contribution in [0.25, 0.3) is 0 Å². The van der Waals surface area contributed by atoms with Gasteiger partial charge in [0.15, 0.2) is 0 Å². The van der Waals surface area contributed by atoms with Gasteiger partial charge in [-0.2, -0.15) is 0 Å². The van der Waals surface area contributed by atoms with Crippen molar-refractivity contribution in [2.45, 2.75) is 26.2 Å². The summed E-state index contributed by atoms with van der Waals surface area (Å²) in [5.41, 5.74) is 2.52. The van der Waals surface area contributed by atoms with Gasteiger partial charge < -0.3 is 10.2 Å². The molecule has 134 valence electrons. The van der Waals surface area contributed by atoms with Crippen molar-refractivity contribution in [3.63, 3.8) is 0 Å². The lowest BCUT2D eigenvalue weighted by atomic mass is 10.0. The fourth-order valence-corrected chi connectivity index (χ4v) is 3.07. The Bertz CT molecular complexity index is 879. The number of carbonyl (C=O) groups excluding carboxylic acids is 2. The van der Waals surface area contributed by atoms with Gasteiger partial charge in [0.05, 0.1) is 4.92 Å². The average Bonchev–Trinajstić information content (AvgIpc) is 2.66. The summed E-state index contributed by atoms with van der Waals surface area (Å²) in [4.78, 5) is 36.6. The summed E-state index contributed by atoms with van der Waals surface area (Å²) in [6, 6.07) is 11.1. The predicted molar refractivity (Wildman–Crippen MR) is 98.5 cm³/mol. The number of nitrogens with one attached hydrogen (secondary N) is 1. The van der Waals surface area contributed by atoms with Crippen LogP contribution in [0.15, 0.2) is 42.5 Å². The number of hydrogen-bond donors (Lipinski definition) is 1. The Labute approximate surface area is 150 Å². The van der Waals surface area contributed by atoms with Crippen LogP contribution < -0.4 is 10.2 Å². The second kappa shape index (κ2) is 7.35. The van der Waals surface area contributed by atoms with E-state index in [4.69, 9.17) is 0 Å². The standard InChI is InChI=1S/C19H19N3O4/c1-2-18(23)21-10-4-6-13-8-9-15(12-17(13)21)20-19(24)14-5-3-7-16(11-14)22(25)26/h3,5,7-9,11-12H,2,4,6,10H2,1H3,(H,20,24). The molecule has 3 rings (SSSR count). The Morgan fingerprint density at radius 2 is 2.04 bits per heavy atom. The number of carbonyl (C=O) groups is 2. The highest BCUT2D eigenvalue weighted by Gasteiger charge is 2.22. The van der Waals surface area contributed by atoms with Crippen LogP contribution in [0.4, 0.5) is 17.1 Å². The van der Waals surface area contributed by atoms with Crippen LogP contribution >= 0.6 is 0 Å². The van der Waals surface area contributed by atoms with E-state index in [0.29, 0.717) is 18.7 Å². The van der Waals surface area contributed by atoms with Crippen LogP contribution in [0.3, 0.4) is 0 Å². The van der Waals surface area contributed by atoms with Gasteiger partial charge >= 0.3 is 0 Å². The van der Waals surface area contributed by atoms with Crippen molar-refractivity contribution in [1.82, 2.24) is 0 Å². The molecule has 0 aromatic heterocycles. The summed E-state index contributed by atoms with van der Waals surface area (Å²) in [6.45, 7) is 2.49. The first-order chi connectivity index (χ1) is 12.5. The lowest BCUT2D eigenvalue weighted by molar-refractivity contribution is -0.384. The van der Waals surface area contributed by atoms with E-state index in [9.17, 15) is 19.7 Å². The van der Waals surface area contributed by atoms with E-state index in [2.05, 4.69) is 5.32 Å². The monoisotopic (exact) mass is 353 g/mol. The van der Waals surface area contributed by atoms with Crippen molar-refractivity contribution in [1.29, 1.82) is 0 Å². The maximum absolute atomic E-state index is 12.4. The number of anilines is 2. The molecule has 2 aromatic carbocycles. The smallest absolute Gasteiger partial charge is 0.270 e. The van der Waals surface area contributed by atoms with Crippen LogP contribution in [-0.2, 0) is 11.2 Å². The molecule has 0 atom stereocenters. The Morgan fingerprint density at radius 3 is 2.77 bits per heavy atom. The molecule has 0 bridgehead atoms. The molecule has 1 N–H and O–H groups in total. The number of nitrogens with zero attached hydrogens (tertiary/aromatic N) is 2. The van der Waals surface area contributed by atoms with E-state index in [1.807, 2.05) is 13.0 Å². The van der Waals surface area contributed by atoms with E-state index < -0.39 is 10.8 Å². The molecule has 0 saturated heterocycles. The number of hydrogen-bond acceptors (Lipinski definition) is 4. The number of amides is 2. The van der Waals surface area contributed by atoms with Crippen molar-refractivity contribution in [3.05, 3.63) is 63.7 Å². The number of non-ortho nitro benzene ring substituents is 1. The van der Waals surface area contributed by atoms with Crippen LogP contribution in [0.1, 0.15) is 35.7 Å². The molecule has 0 aliphatic carbocycles. The highest BCUT2D eigenvalue weighted by Crippen LogP contribution is 2.30. The zero-order valence-corrected chi connectivity index (χ0v) is 14.4. The third-order valence-corrected chi connectivity index (χ3v) is 4.38. The van der Waals surface area contributed by atoms with Crippen LogP contribution in [0, 0.1) is 10.1 Å². The summed E-state index contributed by atoms with van der Waals surface area (Å²) in [7, 11) is 0. The fourth-order valence-electron chi connectivity index (χ4n) is 3.07. The van der Waals surface area contributed by atoms with Crippen molar-refractivity contribution in [3.8, 4) is 0 Å². The van der Waals surface area contributed by atoms with Gasteiger partial charge in [0, 0.05) is 42.0 Å². The number of benzene rings is 2. The third-order valence-electron chi connectivity index (χ3n) is 4.38. The first-order valence-electron chi connectivity index (χ1n) is 8.48. The summed E-state index contributed by atoms with van der Waals surface area (Å²) in [5.74, 6) is -0.383. The van der Waals surface area contributed by atoms with Crippen LogP contribution in [0.5, 0.6) is 0 Å². The fraction of sp³-hybridized carbons (Fsp3) is 0.263. The molecule has 2 aromatic rings. The minimum Gasteiger partial charge on any atom is -0.322 e. The molecule has 26 heavy (non-hydrogen) atoms. The molecule has 2 amide bonds. The number of rotatable bonds is 4. The quantitative estimate of drug-likeness (QED) is 0.672. The number of fused-ring (bicyclic) bond motifs is 1. The van der Waals surface area contributed by atoms with Gasteiger partial charge in [0.2, 0.25) is 5.91 Å². The topological polar surface area (TPSA) is 92.6 Å². The van der Waals surface area contributed by atoms with E-state index in [1.165, 1.54) is 24.3 Å². The first kappa shape index (κ1) is 17.6. The molecule has 7 heteroatoms. The Kier molecular flexibility index (Phi) is 4.97.